The van der Waals surface area contributed by atoms with Gasteiger partial charge in [-0.25, -0.2) is 0 Å². The lowest BCUT2D eigenvalue weighted by Crippen LogP contribution is -2.11. The highest BCUT2D eigenvalue weighted by Crippen LogP contribution is 2.39. The number of ether oxygens (including phenoxy) is 1. The first-order chi connectivity index (χ1) is 12.3. The third kappa shape index (κ3) is 3.57. The van der Waals surface area contributed by atoms with Gasteiger partial charge in [-0.1, -0.05) is 72.3 Å². The summed E-state index contributed by atoms with van der Waals surface area (Å²) in [7, 11) is 0. The van der Waals surface area contributed by atoms with Crippen LogP contribution in [0.3, 0.4) is 0 Å². The minimum atomic E-state index is 0.436. The lowest BCUT2D eigenvalue weighted by molar-refractivity contribution is 0.306. The van der Waals surface area contributed by atoms with Gasteiger partial charge in [0.05, 0.1) is 5.02 Å². The van der Waals surface area contributed by atoms with E-state index in [4.69, 9.17) is 16.3 Å². The number of aryl methyl sites for hydroxylation is 1. The summed E-state index contributed by atoms with van der Waals surface area (Å²) in [6.45, 7) is 0.534. The Hall–Kier alpha value is -2.25. The average molecular weight is 349 g/mol. The maximum Gasteiger partial charge on any atom is 0.138 e. The van der Waals surface area contributed by atoms with Crippen LogP contribution in [0.15, 0.2) is 72.8 Å². The van der Waals surface area contributed by atoms with E-state index in [0.29, 0.717) is 17.5 Å². The van der Waals surface area contributed by atoms with Crippen LogP contribution in [0.5, 0.6) is 5.75 Å². The Morgan fingerprint density at radius 2 is 1.72 bits per heavy atom. The molecule has 0 amide bonds. The number of hydrogen-bond donors (Lipinski definition) is 0. The molecule has 0 radical (unpaired) electrons. The second-order valence-corrected chi connectivity index (χ2v) is 7.01. The van der Waals surface area contributed by atoms with Crippen LogP contribution in [-0.4, -0.2) is 0 Å². The average Bonchev–Trinajstić information content (AvgIpc) is 2.67. The summed E-state index contributed by atoms with van der Waals surface area (Å²) in [4.78, 5) is 0. The fourth-order valence-corrected chi connectivity index (χ4v) is 3.93. The van der Waals surface area contributed by atoms with Gasteiger partial charge in [-0.2, -0.15) is 0 Å². The zero-order valence-electron chi connectivity index (χ0n) is 14.1. The Labute approximate surface area is 154 Å². The monoisotopic (exact) mass is 348 g/mol. The summed E-state index contributed by atoms with van der Waals surface area (Å²) >= 11 is 6.52. The molecule has 0 N–H and O–H groups in total. The van der Waals surface area contributed by atoms with Gasteiger partial charge in [0.1, 0.15) is 12.4 Å². The van der Waals surface area contributed by atoms with Crippen LogP contribution in [0.4, 0.5) is 0 Å². The maximum atomic E-state index is 6.52. The molecule has 3 aromatic rings. The predicted octanol–water partition coefficient (Wildman–Crippen LogP) is 6.39. The summed E-state index contributed by atoms with van der Waals surface area (Å²) in [6, 6.07) is 25.2. The highest BCUT2D eigenvalue weighted by Gasteiger charge is 2.22. The van der Waals surface area contributed by atoms with E-state index in [-0.39, 0.29) is 0 Å². The molecule has 25 heavy (non-hydrogen) atoms. The standard InChI is InChI=1S/C23H21ClO/c24-22-15-19(21-12-6-10-18-9-4-5-11-20(18)21)13-14-23(22)25-16-17-7-2-1-3-8-17/h1-5,7-9,11,13-15,21H,6,10,12,16H2. The van der Waals surface area contributed by atoms with Gasteiger partial charge in [0.15, 0.2) is 0 Å². The fourth-order valence-electron chi connectivity index (χ4n) is 3.69. The van der Waals surface area contributed by atoms with Crippen molar-refractivity contribution in [1.29, 1.82) is 0 Å². The molecular weight excluding hydrogens is 328 g/mol. The van der Waals surface area contributed by atoms with Gasteiger partial charge in [-0.05, 0) is 53.6 Å². The molecule has 126 valence electrons. The van der Waals surface area contributed by atoms with Crippen LogP contribution in [-0.2, 0) is 13.0 Å². The number of fused-ring (bicyclic) bond motifs is 1. The van der Waals surface area contributed by atoms with Gasteiger partial charge in [0.25, 0.3) is 0 Å². The van der Waals surface area contributed by atoms with Crippen molar-refractivity contribution in [3.8, 4) is 5.75 Å². The van der Waals surface area contributed by atoms with Crippen molar-refractivity contribution < 1.29 is 4.74 Å². The molecule has 1 nitrogen and oxygen atoms in total. The lowest BCUT2D eigenvalue weighted by Gasteiger charge is -2.26. The van der Waals surface area contributed by atoms with Gasteiger partial charge in [0.2, 0.25) is 0 Å². The van der Waals surface area contributed by atoms with Gasteiger partial charge in [-0.15, -0.1) is 0 Å². The molecule has 3 aromatic carbocycles. The first kappa shape index (κ1) is 16.2. The Kier molecular flexibility index (Phi) is 4.76. The van der Waals surface area contributed by atoms with E-state index in [2.05, 4.69) is 48.5 Å². The van der Waals surface area contributed by atoms with E-state index in [0.717, 1.165) is 11.3 Å². The molecule has 1 aliphatic rings. The van der Waals surface area contributed by atoms with Gasteiger partial charge in [0, 0.05) is 5.92 Å². The molecule has 0 spiro atoms. The zero-order valence-corrected chi connectivity index (χ0v) is 14.9. The second kappa shape index (κ2) is 7.33. The molecule has 0 bridgehead atoms. The van der Waals surface area contributed by atoms with E-state index in [1.54, 1.807) is 0 Å². The van der Waals surface area contributed by atoms with Crippen molar-refractivity contribution in [2.45, 2.75) is 31.8 Å². The van der Waals surface area contributed by atoms with Crippen molar-refractivity contribution >= 4 is 11.6 Å². The number of benzene rings is 3. The normalized spacial score (nSPS) is 16.3. The molecule has 1 atom stereocenters. The van der Waals surface area contributed by atoms with Crippen LogP contribution in [0, 0.1) is 0 Å². The molecule has 1 unspecified atom stereocenters. The van der Waals surface area contributed by atoms with Crippen molar-refractivity contribution in [3.63, 3.8) is 0 Å². The van der Waals surface area contributed by atoms with Gasteiger partial charge < -0.3 is 4.74 Å². The quantitative estimate of drug-likeness (QED) is 0.531. The van der Waals surface area contributed by atoms with Crippen molar-refractivity contribution in [2.75, 3.05) is 0 Å². The Balaban J connectivity index is 1.54. The fraction of sp³-hybridized carbons (Fsp3) is 0.217. The third-order valence-corrected chi connectivity index (χ3v) is 5.26. The van der Waals surface area contributed by atoms with Crippen LogP contribution in [0.2, 0.25) is 5.02 Å². The summed E-state index contributed by atoms with van der Waals surface area (Å²) < 4.78 is 5.90. The molecular formula is C23H21ClO. The lowest BCUT2D eigenvalue weighted by atomic mass is 9.79. The summed E-state index contributed by atoms with van der Waals surface area (Å²) in [5.74, 6) is 1.18. The van der Waals surface area contributed by atoms with Crippen molar-refractivity contribution in [1.82, 2.24) is 0 Å². The molecule has 2 heteroatoms. The van der Waals surface area contributed by atoms with Crippen LogP contribution in [0.25, 0.3) is 0 Å². The largest absolute Gasteiger partial charge is 0.487 e. The molecule has 0 saturated heterocycles. The highest BCUT2D eigenvalue weighted by molar-refractivity contribution is 6.32. The van der Waals surface area contributed by atoms with E-state index >= 15 is 0 Å². The molecule has 0 aromatic heterocycles. The number of hydrogen-bond acceptors (Lipinski definition) is 1. The molecule has 0 saturated carbocycles. The third-order valence-electron chi connectivity index (χ3n) is 4.96. The zero-order chi connectivity index (χ0) is 17.1. The van der Waals surface area contributed by atoms with Crippen molar-refractivity contribution in [2.24, 2.45) is 0 Å². The minimum Gasteiger partial charge on any atom is -0.487 e. The topological polar surface area (TPSA) is 9.23 Å². The molecule has 0 fully saturated rings. The van der Waals surface area contributed by atoms with Gasteiger partial charge in [-0.3, -0.25) is 0 Å². The molecule has 4 rings (SSSR count). The summed E-state index contributed by atoms with van der Waals surface area (Å²) in [5, 5.41) is 0.691. The first-order valence-corrected chi connectivity index (χ1v) is 9.23. The first-order valence-electron chi connectivity index (χ1n) is 8.85. The summed E-state index contributed by atoms with van der Waals surface area (Å²) in [5.41, 5.74) is 5.34. The van der Waals surface area contributed by atoms with Crippen LogP contribution < -0.4 is 4.74 Å². The van der Waals surface area contributed by atoms with E-state index < -0.39 is 0 Å². The van der Waals surface area contributed by atoms with E-state index in [9.17, 15) is 0 Å². The molecule has 0 heterocycles. The maximum absolute atomic E-state index is 6.52. The van der Waals surface area contributed by atoms with Crippen LogP contribution >= 0.6 is 11.6 Å². The second-order valence-electron chi connectivity index (χ2n) is 6.61. The Morgan fingerprint density at radius 1 is 0.920 bits per heavy atom. The molecule has 0 aliphatic heterocycles. The summed E-state index contributed by atoms with van der Waals surface area (Å²) in [6.07, 6.45) is 3.59. The van der Waals surface area contributed by atoms with Crippen LogP contribution in [0.1, 0.15) is 41.0 Å². The van der Waals surface area contributed by atoms with E-state index in [1.807, 2.05) is 24.3 Å². The number of rotatable bonds is 4. The minimum absolute atomic E-state index is 0.436. The Bertz CT molecular complexity index is 857. The predicted molar refractivity (Wildman–Crippen MR) is 103 cm³/mol. The highest BCUT2D eigenvalue weighted by atomic mass is 35.5. The number of halogens is 1. The smallest absolute Gasteiger partial charge is 0.138 e. The van der Waals surface area contributed by atoms with Crippen molar-refractivity contribution in [3.05, 3.63) is 100 Å². The molecule has 1 aliphatic carbocycles. The van der Waals surface area contributed by atoms with Gasteiger partial charge >= 0.3 is 0 Å². The SMILES string of the molecule is Clc1cc(C2CCCc3ccccc32)ccc1OCc1ccccc1. The van der Waals surface area contributed by atoms with E-state index in [1.165, 1.54) is 36.0 Å². The Morgan fingerprint density at radius 3 is 2.56 bits per heavy atom.